The lowest BCUT2D eigenvalue weighted by Crippen LogP contribution is -2.55. The van der Waals surface area contributed by atoms with E-state index >= 15 is 0 Å². The molecule has 0 bridgehead atoms. The van der Waals surface area contributed by atoms with Gasteiger partial charge in [-0.1, -0.05) is 0 Å². The molecule has 1 N–H and O–H groups in total. The summed E-state index contributed by atoms with van der Waals surface area (Å²) in [4.78, 5) is 21.8. The third-order valence-corrected chi connectivity index (χ3v) is 6.47. The molecule has 3 aliphatic rings. The number of β-amino-alcohol motifs (C(OH)–C–C–N with tert-alkyl or cyclic N) is 1. The van der Waals surface area contributed by atoms with Gasteiger partial charge in [0.1, 0.15) is 5.60 Å². The molecule has 1 amide bonds. The number of amides is 1. The van der Waals surface area contributed by atoms with Crippen molar-refractivity contribution >= 4 is 6.09 Å². The number of hydrogen-bond acceptors (Lipinski definition) is 6. The van der Waals surface area contributed by atoms with Crippen LogP contribution in [-0.4, -0.2) is 114 Å². The summed E-state index contributed by atoms with van der Waals surface area (Å²) in [7, 11) is 0. The SMILES string of the molecule is CC(C)(C)OC(=O)N1CCC(N2CCC(N3CCN(CCO)CC3)CC2)CC1. The first-order valence-electron chi connectivity index (χ1n) is 11.1. The van der Waals surface area contributed by atoms with Crippen molar-refractivity contribution in [3.05, 3.63) is 0 Å². The summed E-state index contributed by atoms with van der Waals surface area (Å²) in [5.74, 6) is 0. The Bertz CT molecular complexity index is 486. The fourth-order valence-corrected chi connectivity index (χ4v) is 4.85. The van der Waals surface area contributed by atoms with Crippen LogP contribution in [0.4, 0.5) is 4.79 Å². The number of piperidine rings is 2. The number of carbonyl (C=O) groups is 1. The van der Waals surface area contributed by atoms with Crippen LogP contribution >= 0.6 is 0 Å². The van der Waals surface area contributed by atoms with Gasteiger partial charge in [0.2, 0.25) is 0 Å². The number of rotatable bonds is 4. The predicted molar refractivity (Wildman–Crippen MR) is 111 cm³/mol. The molecule has 0 aromatic rings. The molecule has 28 heavy (non-hydrogen) atoms. The maximum absolute atomic E-state index is 12.2. The van der Waals surface area contributed by atoms with Crippen LogP contribution in [0, 0.1) is 0 Å². The van der Waals surface area contributed by atoms with E-state index in [4.69, 9.17) is 9.84 Å². The zero-order chi connectivity index (χ0) is 20.1. The predicted octanol–water partition coefficient (Wildman–Crippen LogP) is 1.46. The molecule has 7 nitrogen and oxygen atoms in total. The first-order chi connectivity index (χ1) is 13.4. The van der Waals surface area contributed by atoms with Gasteiger partial charge in [-0.2, -0.15) is 0 Å². The van der Waals surface area contributed by atoms with E-state index < -0.39 is 5.60 Å². The van der Waals surface area contributed by atoms with Crippen molar-refractivity contribution in [1.29, 1.82) is 0 Å². The third-order valence-electron chi connectivity index (χ3n) is 6.47. The van der Waals surface area contributed by atoms with Crippen LogP contribution in [0.15, 0.2) is 0 Å². The lowest BCUT2D eigenvalue weighted by molar-refractivity contribution is 0.00715. The third kappa shape index (κ3) is 6.05. The molecule has 7 heteroatoms. The van der Waals surface area contributed by atoms with Crippen molar-refractivity contribution in [3.63, 3.8) is 0 Å². The van der Waals surface area contributed by atoms with Crippen LogP contribution in [0.25, 0.3) is 0 Å². The molecule has 3 saturated heterocycles. The monoisotopic (exact) mass is 396 g/mol. The van der Waals surface area contributed by atoms with E-state index in [0.717, 1.165) is 64.7 Å². The summed E-state index contributed by atoms with van der Waals surface area (Å²) in [6.07, 6.45) is 4.47. The Kier molecular flexibility index (Phi) is 7.59. The Labute approximate surface area is 170 Å². The van der Waals surface area contributed by atoms with Crippen LogP contribution in [0.1, 0.15) is 46.5 Å². The number of carbonyl (C=O) groups excluding carboxylic acids is 1. The van der Waals surface area contributed by atoms with E-state index in [2.05, 4.69) is 14.7 Å². The quantitative estimate of drug-likeness (QED) is 0.776. The zero-order valence-corrected chi connectivity index (χ0v) is 18.1. The molecule has 0 aliphatic carbocycles. The van der Waals surface area contributed by atoms with Gasteiger partial charge in [-0.3, -0.25) is 9.80 Å². The number of ether oxygens (including phenoxy) is 1. The van der Waals surface area contributed by atoms with Crippen LogP contribution in [0.5, 0.6) is 0 Å². The highest BCUT2D eigenvalue weighted by atomic mass is 16.6. The molecule has 0 unspecified atom stereocenters. The summed E-state index contributed by atoms with van der Waals surface area (Å²) >= 11 is 0. The topological polar surface area (TPSA) is 59.5 Å². The maximum atomic E-state index is 12.2. The summed E-state index contributed by atoms with van der Waals surface area (Å²) < 4.78 is 5.51. The average Bonchev–Trinajstić information content (AvgIpc) is 2.68. The van der Waals surface area contributed by atoms with E-state index in [1.54, 1.807) is 0 Å². The molecule has 0 saturated carbocycles. The van der Waals surface area contributed by atoms with Gasteiger partial charge in [-0.05, 0) is 59.5 Å². The van der Waals surface area contributed by atoms with Crippen LogP contribution < -0.4 is 0 Å². The Morgan fingerprint density at radius 2 is 1.36 bits per heavy atom. The van der Waals surface area contributed by atoms with Gasteiger partial charge in [-0.25, -0.2) is 4.79 Å². The van der Waals surface area contributed by atoms with E-state index in [-0.39, 0.29) is 12.7 Å². The van der Waals surface area contributed by atoms with E-state index in [1.807, 2.05) is 25.7 Å². The Balaban J connectivity index is 1.36. The molecule has 162 valence electrons. The van der Waals surface area contributed by atoms with Crippen molar-refractivity contribution in [2.75, 3.05) is 65.5 Å². The van der Waals surface area contributed by atoms with Crippen molar-refractivity contribution in [2.24, 2.45) is 0 Å². The Morgan fingerprint density at radius 1 is 0.857 bits per heavy atom. The van der Waals surface area contributed by atoms with Crippen LogP contribution in [-0.2, 0) is 4.74 Å². The second kappa shape index (κ2) is 9.74. The second-order valence-electron chi connectivity index (χ2n) is 9.57. The highest BCUT2D eigenvalue weighted by Gasteiger charge is 2.33. The van der Waals surface area contributed by atoms with Gasteiger partial charge in [0.15, 0.2) is 0 Å². The fourth-order valence-electron chi connectivity index (χ4n) is 4.85. The van der Waals surface area contributed by atoms with Gasteiger partial charge in [0, 0.05) is 57.9 Å². The minimum absolute atomic E-state index is 0.162. The molecule has 0 aromatic carbocycles. The first-order valence-corrected chi connectivity index (χ1v) is 11.1. The molecule has 0 radical (unpaired) electrons. The number of piperazine rings is 1. The summed E-state index contributed by atoms with van der Waals surface area (Å²) in [5, 5.41) is 9.09. The van der Waals surface area contributed by atoms with Crippen molar-refractivity contribution in [3.8, 4) is 0 Å². The largest absolute Gasteiger partial charge is 0.444 e. The van der Waals surface area contributed by atoms with Crippen LogP contribution in [0.2, 0.25) is 0 Å². The average molecular weight is 397 g/mol. The van der Waals surface area contributed by atoms with Crippen molar-refractivity contribution in [1.82, 2.24) is 19.6 Å². The van der Waals surface area contributed by atoms with E-state index in [0.29, 0.717) is 6.04 Å². The summed E-state index contributed by atoms with van der Waals surface area (Å²) in [6, 6.07) is 1.33. The fraction of sp³-hybridized carbons (Fsp3) is 0.952. The molecule has 3 fully saturated rings. The summed E-state index contributed by atoms with van der Waals surface area (Å²) in [5.41, 5.74) is -0.417. The molecule has 3 rings (SSSR count). The first kappa shape index (κ1) is 21.8. The molecule has 0 aromatic heterocycles. The highest BCUT2D eigenvalue weighted by Crippen LogP contribution is 2.25. The normalized spacial score (nSPS) is 25.2. The number of likely N-dealkylation sites (tertiary alicyclic amines) is 2. The lowest BCUT2D eigenvalue weighted by atomic mass is 9.97. The van der Waals surface area contributed by atoms with Crippen molar-refractivity contribution < 1.29 is 14.6 Å². The maximum Gasteiger partial charge on any atom is 0.410 e. The van der Waals surface area contributed by atoms with E-state index in [1.165, 1.54) is 25.9 Å². The smallest absolute Gasteiger partial charge is 0.410 e. The zero-order valence-electron chi connectivity index (χ0n) is 18.1. The molecular formula is C21H40N4O3. The Morgan fingerprint density at radius 3 is 1.86 bits per heavy atom. The van der Waals surface area contributed by atoms with Gasteiger partial charge >= 0.3 is 6.09 Å². The summed E-state index contributed by atoms with van der Waals surface area (Å²) in [6.45, 7) is 15.3. The van der Waals surface area contributed by atoms with E-state index in [9.17, 15) is 4.79 Å². The Hall–Kier alpha value is -0.890. The number of hydrogen-bond donors (Lipinski definition) is 1. The standard InChI is InChI=1S/C21H40N4O3/c1-21(2,3)28-20(27)25-10-6-18(7-11-25)23-8-4-19(5-9-23)24-14-12-22(13-15-24)16-17-26/h18-19,26H,4-17H2,1-3H3. The number of aliphatic hydroxyl groups excluding tert-OH is 1. The number of aliphatic hydroxyl groups is 1. The van der Waals surface area contributed by atoms with Gasteiger partial charge in [0.25, 0.3) is 0 Å². The number of nitrogens with zero attached hydrogens (tertiary/aromatic N) is 4. The van der Waals surface area contributed by atoms with Crippen LogP contribution in [0.3, 0.4) is 0 Å². The minimum Gasteiger partial charge on any atom is -0.444 e. The molecular weight excluding hydrogens is 356 g/mol. The van der Waals surface area contributed by atoms with Gasteiger partial charge in [-0.15, -0.1) is 0 Å². The molecule has 3 aliphatic heterocycles. The van der Waals surface area contributed by atoms with Crippen molar-refractivity contribution in [2.45, 2.75) is 64.1 Å². The second-order valence-corrected chi connectivity index (χ2v) is 9.57. The van der Waals surface area contributed by atoms with Gasteiger partial charge < -0.3 is 19.6 Å². The van der Waals surface area contributed by atoms with Gasteiger partial charge in [0.05, 0.1) is 6.61 Å². The molecule has 3 heterocycles. The lowest BCUT2D eigenvalue weighted by Gasteiger charge is -2.45. The molecule has 0 atom stereocenters. The molecule has 0 spiro atoms. The highest BCUT2D eigenvalue weighted by molar-refractivity contribution is 5.68. The minimum atomic E-state index is -0.417.